The van der Waals surface area contributed by atoms with Gasteiger partial charge in [0.15, 0.2) is 0 Å². The number of nitrogens with zero attached hydrogens (tertiary/aromatic N) is 2. The number of rotatable bonds is 4. The Kier molecular flexibility index (Phi) is 3.71. The number of nitrogens with one attached hydrogen (secondary N) is 1. The van der Waals surface area contributed by atoms with Crippen molar-refractivity contribution in [3.63, 3.8) is 0 Å². The van der Waals surface area contributed by atoms with Crippen LogP contribution in [0.15, 0.2) is 6.20 Å². The van der Waals surface area contributed by atoms with Gasteiger partial charge in [0.1, 0.15) is 0 Å². The number of nitrogen functional groups attached to an aromatic ring is 1. The number of carbonyl (C=O) groups is 1. The Labute approximate surface area is 89.6 Å². The average Bonchev–Trinajstić information content (AvgIpc) is 2.42. The standard InChI is InChI=1S/C10H18N4O/c1-7(2)12-10(15)4-5-14-6-9(11)8(3)13-14/h6-7H,4-5,11H2,1-3H3,(H,12,15). The molecule has 0 spiro atoms. The maximum absolute atomic E-state index is 11.3. The minimum atomic E-state index is 0.0386. The molecule has 84 valence electrons. The Hall–Kier alpha value is -1.52. The molecule has 0 aliphatic heterocycles. The fourth-order valence-electron chi connectivity index (χ4n) is 1.26. The summed E-state index contributed by atoms with van der Waals surface area (Å²) in [5, 5.41) is 7.00. The van der Waals surface area contributed by atoms with Gasteiger partial charge in [-0.1, -0.05) is 0 Å². The van der Waals surface area contributed by atoms with E-state index in [0.29, 0.717) is 18.7 Å². The number of amides is 1. The number of anilines is 1. The normalized spacial score (nSPS) is 10.7. The highest BCUT2D eigenvalue weighted by Crippen LogP contribution is 2.06. The molecular weight excluding hydrogens is 192 g/mol. The lowest BCUT2D eigenvalue weighted by Crippen LogP contribution is -2.30. The summed E-state index contributed by atoms with van der Waals surface area (Å²) in [6, 6.07) is 0.182. The molecule has 1 aromatic rings. The minimum Gasteiger partial charge on any atom is -0.396 e. The Morgan fingerprint density at radius 3 is 2.80 bits per heavy atom. The highest BCUT2D eigenvalue weighted by Gasteiger charge is 2.05. The highest BCUT2D eigenvalue weighted by molar-refractivity contribution is 5.76. The van der Waals surface area contributed by atoms with Gasteiger partial charge in [-0.05, 0) is 20.8 Å². The third kappa shape index (κ3) is 3.61. The molecule has 0 aromatic carbocycles. The van der Waals surface area contributed by atoms with Gasteiger partial charge < -0.3 is 11.1 Å². The molecule has 0 bridgehead atoms. The second-order valence-corrected chi connectivity index (χ2v) is 3.91. The van der Waals surface area contributed by atoms with E-state index >= 15 is 0 Å². The molecule has 15 heavy (non-hydrogen) atoms. The van der Waals surface area contributed by atoms with Crippen molar-refractivity contribution < 1.29 is 4.79 Å². The molecule has 1 amide bonds. The van der Waals surface area contributed by atoms with Crippen molar-refractivity contribution >= 4 is 11.6 Å². The van der Waals surface area contributed by atoms with Crippen LogP contribution < -0.4 is 11.1 Å². The van der Waals surface area contributed by atoms with E-state index in [1.54, 1.807) is 10.9 Å². The summed E-state index contributed by atoms with van der Waals surface area (Å²) in [5.41, 5.74) is 7.11. The number of aromatic nitrogens is 2. The average molecular weight is 210 g/mol. The first-order chi connectivity index (χ1) is 6.99. The molecule has 0 radical (unpaired) electrons. The summed E-state index contributed by atoms with van der Waals surface area (Å²) in [5.74, 6) is 0.0386. The molecule has 5 nitrogen and oxygen atoms in total. The fraction of sp³-hybridized carbons (Fsp3) is 0.600. The van der Waals surface area contributed by atoms with Crippen LogP contribution in [0.1, 0.15) is 26.0 Å². The second-order valence-electron chi connectivity index (χ2n) is 3.91. The van der Waals surface area contributed by atoms with E-state index in [9.17, 15) is 4.79 Å². The van der Waals surface area contributed by atoms with Gasteiger partial charge in [0.05, 0.1) is 11.4 Å². The molecule has 5 heteroatoms. The van der Waals surface area contributed by atoms with Crippen molar-refractivity contribution in [2.24, 2.45) is 0 Å². The monoisotopic (exact) mass is 210 g/mol. The Balaban J connectivity index is 2.40. The first-order valence-corrected chi connectivity index (χ1v) is 5.08. The SMILES string of the molecule is Cc1nn(CCC(=O)NC(C)C)cc1N. The van der Waals surface area contributed by atoms with E-state index < -0.39 is 0 Å². The van der Waals surface area contributed by atoms with Crippen LogP contribution in [0.4, 0.5) is 5.69 Å². The van der Waals surface area contributed by atoms with E-state index in [1.807, 2.05) is 20.8 Å². The maximum atomic E-state index is 11.3. The van der Waals surface area contributed by atoms with Gasteiger partial charge in [0, 0.05) is 25.2 Å². The molecule has 1 heterocycles. The predicted octanol–water partition coefficient (Wildman–Crippen LogP) is 0.688. The van der Waals surface area contributed by atoms with Crippen LogP contribution in [-0.4, -0.2) is 21.7 Å². The molecule has 3 N–H and O–H groups in total. The van der Waals surface area contributed by atoms with Crippen LogP contribution in [0.25, 0.3) is 0 Å². The van der Waals surface area contributed by atoms with Crippen molar-refractivity contribution in [2.75, 3.05) is 5.73 Å². The van der Waals surface area contributed by atoms with Gasteiger partial charge in [0.25, 0.3) is 0 Å². The summed E-state index contributed by atoms with van der Waals surface area (Å²) < 4.78 is 1.70. The predicted molar refractivity (Wildman–Crippen MR) is 59.3 cm³/mol. The van der Waals surface area contributed by atoms with Crippen molar-refractivity contribution in [1.29, 1.82) is 0 Å². The molecule has 0 saturated heterocycles. The smallest absolute Gasteiger partial charge is 0.222 e. The first-order valence-electron chi connectivity index (χ1n) is 5.08. The summed E-state index contributed by atoms with van der Waals surface area (Å²) in [6.07, 6.45) is 2.18. The Morgan fingerprint density at radius 2 is 2.33 bits per heavy atom. The van der Waals surface area contributed by atoms with E-state index in [-0.39, 0.29) is 11.9 Å². The topological polar surface area (TPSA) is 72.9 Å². The highest BCUT2D eigenvalue weighted by atomic mass is 16.1. The van der Waals surface area contributed by atoms with Gasteiger partial charge in [-0.3, -0.25) is 9.48 Å². The molecule has 1 rings (SSSR count). The first kappa shape index (κ1) is 11.6. The molecule has 1 aromatic heterocycles. The van der Waals surface area contributed by atoms with Crippen LogP contribution in [-0.2, 0) is 11.3 Å². The molecule has 0 aliphatic carbocycles. The van der Waals surface area contributed by atoms with Crippen LogP contribution in [0.2, 0.25) is 0 Å². The number of carbonyl (C=O) groups excluding carboxylic acids is 1. The quantitative estimate of drug-likeness (QED) is 0.768. The van der Waals surface area contributed by atoms with Crippen molar-refractivity contribution in [1.82, 2.24) is 15.1 Å². The fourth-order valence-corrected chi connectivity index (χ4v) is 1.26. The van der Waals surface area contributed by atoms with Crippen LogP contribution in [0, 0.1) is 6.92 Å². The minimum absolute atomic E-state index is 0.0386. The largest absolute Gasteiger partial charge is 0.396 e. The molecule has 0 fully saturated rings. The van der Waals surface area contributed by atoms with E-state index in [2.05, 4.69) is 10.4 Å². The van der Waals surface area contributed by atoms with Gasteiger partial charge >= 0.3 is 0 Å². The zero-order valence-electron chi connectivity index (χ0n) is 9.45. The van der Waals surface area contributed by atoms with E-state index in [0.717, 1.165) is 5.69 Å². The zero-order valence-corrected chi connectivity index (χ0v) is 9.45. The molecule has 0 unspecified atom stereocenters. The molecule has 0 aliphatic rings. The van der Waals surface area contributed by atoms with E-state index in [4.69, 9.17) is 5.73 Å². The van der Waals surface area contributed by atoms with Gasteiger partial charge in [-0.25, -0.2) is 0 Å². The molecule has 0 saturated carbocycles. The van der Waals surface area contributed by atoms with Crippen molar-refractivity contribution in [3.05, 3.63) is 11.9 Å². The lowest BCUT2D eigenvalue weighted by Gasteiger charge is -2.07. The lowest BCUT2D eigenvalue weighted by atomic mass is 10.3. The zero-order chi connectivity index (χ0) is 11.4. The summed E-state index contributed by atoms with van der Waals surface area (Å²) in [7, 11) is 0. The van der Waals surface area contributed by atoms with Crippen LogP contribution in [0.5, 0.6) is 0 Å². The lowest BCUT2D eigenvalue weighted by molar-refractivity contribution is -0.121. The van der Waals surface area contributed by atoms with Crippen molar-refractivity contribution in [3.8, 4) is 0 Å². The molecular formula is C10H18N4O. The Morgan fingerprint density at radius 1 is 1.67 bits per heavy atom. The summed E-state index contributed by atoms with van der Waals surface area (Å²) >= 11 is 0. The van der Waals surface area contributed by atoms with Crippen molar-refractivity contribution in [2.45, 2.75) is 39.8 Å². The number of aryl methyl sites for hydroxylation is 2. The third-order valence-electron chi connectivity index (χ3n) is 2.00. The van der Waals surface area contributed by atoms with Gasteiger partial charge in [-0.2, -0.15) is 5.10 Å². The third-order valence-corrected chi connectivity index (χ3v) is 2.00. The summed E-state index contributed by atoms with van der Waals surface area (Å²) in [6.45, 7) is 6.29. The molecule has 0 atom stereocenters. The number of nitrogens with two attached hydrogens (primary N) is 1. The summed E-state index contributed by atoms with van der Waals surface area (Å²) in [4.78, 5) is 11.3. The van der Waals surface area contributed by atoms with Crippen LogP contribution in [0.3, 0.4) is 0 Å². The second kappa shape index (κ2) is 4.82. The van der Waals surface area contributed by atoms with E-state index in [1.165, 1.54) is 0 Å². The van der Waals surface area contributed by atoms with Crippen LogP contribution >= 0.6 is 0 Å². The number of hydrogen-bond acceptors (Lipinski definition) is 3. The number of hydrogen-bond donors (Lipinski definition) is 2. The Bertz CT molecular complexity index is 324. The van der Waals surface area contributed by atoms with Gasteiger partial charge in [-0.15, -0.1) is 0 Å². The maximum Gasteiger partial charge on any atom is 0.222 e. The van der Waals surface area contributed by atoms with Gasteiger partial charge in [0.2, 0.25) is 5.91 Å².